The Balaban J connectivity index is 1.37. The van der Waals surface area contributed by atoms with Gasteiger partial charge in [0.25, 0.3) is 0 Å². The molecule has 19 heavy (non-hydrogen) atoms. The predicted molar refractivity (Wildman–Crippen MR) is 79.8 cm³/mol. The normalized spacial score (nSPS) is 47.1. The average molecular weight is 282 g/mol. The molecule has 4 heterocycles. The van der Waals surface area contributed by atoms with Crippen LogP contribution in [0.25, 0.3) is 0 Å². The van der Waals surface area contributed by atoms with Gasteiger partial charge in [-0.2, -0.15) is 11.8 Å². The minimum Gasteiger partial charge on any atom is -0.374 e. The fraction of sp³-hybridized carbons (Fsp3) is 1.00. The van der Waals surface area contributed by atoms with Crippen LogP contribution in [0.4, 0.5) is 0 Å². The third-order valence-corrected chi connectivity index (χ3v) is 6.84. The molecule has 0 bridgehead atoms. The molecule has 3 nitrogen and oxygen atoms in total. The maximum absolute atomic E-state index is 6.14. The first-order valence-electron chi connectivity index (χ1n) is 8.07. The van der Waals surface area contributed by atoms with E-state index in [0.29, 0.717) is 6.04 Å². The van der Waals surface area contributed by atoms with Gasteiger partial charge in [0.05, 0.1) is 5.60 Å². The fourth-order valence-electron chi connectivity index (χ4n) is 4.61. The summed E-state index contributed by atoms with van der Waals surface area (Å²) >= 11 is 2.08. The third-order valence-electron chi connectivity index (χ3n) is 5.62. The number of fused-ring (bicyclic) bond motifs is 1. The molecule has 1 N–H and O–H groups in total. The lowest BCUT2D eigenvalue weighted by Crippen LogP contribution is -2.52. The summed E-state index contributed by atoms with van der Waals surface area (Å²) in [5.74, 6) is 2.53. The van der Waals surface area contributed by atoms with Gasteiger partial charge in [-0.25, -0.2) is 0 Å². The maximum Gasteiger partial charge on any atom is 0.0795 e. The number of hydrogen-bond acceptors (Lipinski definition) is 4. The van der Waals surface area contributed by atoms with E-state index in [1.54, 1.807) is 0 Å². The van der Waals surface area contributed by atoms with Gasteiger partial charge in [0.2, 0.25) is 0 Å². The van der Waals surface area contributed by atoms with Gasteiger partial charge in [0.15, 0.2) is 0 Å². The van der Waals surface area contributed by atoms with Crippen LogP contribution < -0.4 is 5.32 Å². The van der Waals surface area contributed by atoms with Gasteiger partial charge in [-0.1, -0.05) is 0 Å². The van der Waals surface area contributed by atoms with Crippen molar-refractivity contribution in [3.05, 3.63) is 0 Å². The first kappa shape index (κ1) is 12.9. The molecule has 4 rings (SSSR count). The molecule has 0 aliphatic carbocycles. The highest BCUT2D eigenvalue weighted by molar-refractivity contribution is 7.99. The van der Waals surface area contributed by atoms with Crippen LogP contribution in [0.15, 0.2) is 0 Å². The lowest BCUT2D eigenvalue weighted by atomic mass is 9.89. The first-order valence-corrected chi connectivity index (χ1v) is 9.22. The minimum atomic E-state index is 0.231. The number of nitrogens with zero attached hydrogens (tertiary/aromatic N) is 1. The van der Waals surface area contributed by atoms with Crippen LogP contribution >= 0.6 is 11.8 Å². The summed E-state index contributed by atoms with van der Waals surface area (Å²) in [5, 5.41) is 4.01. The van der Waals surface area contributed by atoms with Crippen molar-refractivity contribution in [3.63, 3.8) is 0 Å². The highest BCUT2D eigenvalue weighted by atomic mass is 32.2. The number of ether oxygens (including phenoxy) is 1. The molecule has 108 valence electrons. The molecule has 4 heteroatoms. The van der Waals surface area contributed by atoms with Crippen molar-refractivity contribution in [3.8, 4) is 0 Å². The molecule has 4 fully saturated rings. The highest BCUT2D eigenvalue weighted by Gasteiger charge is 2.43. The van der Waals surface area contributed by atoms with Crippen molar-refractivity contribution in [2.75, 3.05) is 31.2 Å². The Morgan fingerprint density at radius 2 is 2.21 bits per heavy atom. The zero-order valence-corrected chi connectivity index (χ0v) is 12.6. The van der Waals surface area contributed by atoms with E-state index in [9.17, 15) is 0 Å². The van der Waals surface area contributed by atoms with Gasteiger partial charge < -0.3 is 10.1 Å². The van der Waals surface area contributed by atoms with E-state index in [1.807, 2.05) is 0 Å². The van der Waals surface area contributed by atoms with Crippen molar-refractivity contribution in [1.29, 1.82) is 0 Å². The molecule has 0 aromatic rings. The van der Waals surface area contributed by atoms with Crippen molar-refractivity contribution in [2.24, 2.45) is 0 Å². The molecule has 4 aliphatic heterocycles. The second kappa shape index (κ2) is 5.21. The Kier molecular flexibility index (Phi) is 3.55. The van der Waals surface area contributed by atoms with Gasteiger partial charge in [-0.3, -0.25) is 4.90 Å². The molecule has 4 saturated heterocycles. The molecule has 4 aliphatic rings. The first-order chi connectivity index (χ1) is 9.35. The standard InChI is InChI=1S/C15H26N2OS/c1-2-14-13(3-7-17(14)6-1)16-12-4-8-18-15(10-12)5-9-19-11-15/h12-14,16H,1-11H2. The summed E-state index contributed by atoms with van der Waals surface area (Å²) in [6.45, 7) is 3.64. The van der Waals surface area contributed by atoms with Crippen LogP contribution in [0.3, 0.4) is 0 Å². The third kappa shape index (κ3) is 2.45. The Labute approximate surface area is 120 Å². The molecule has 0 amide bonds. The second-order valence-electron chi connectivity index (χ2n) is 6.83. The van der Waals surface area contributed by atoms with Crippen molar-refractivity contribution in [1.82, 2.24) is 10.2 Å². The van der Waals surface area contributed by atoms with Gasteiger partial charge in [0.1, 0.15) is 0 Å². The van der Waals surface area contributed by atoms with Crippen LogP contribution in [0.2, 0.25) is 0 Å². The van der Waals surface area contributed by atoms with E-state index in [-0.39, 0.29) is 5.60 Å². The van der Waals surface area contributed by atoms with Gasteiger partial charge in [-0.05, 0) is 50.8 Å². The molecule has 4 atom stereocenters. The van der Waals surface area contributed by atoms with Crippen LogP contribution in [0, 0.1) is 0 Å². The van der Waals surface area contributed by atoms with E-state index in [0.717, 1.165) is 18.7 Å². The molecule has 4 unspecified atom stereocenters. The zero-order valence-electron chi connectivity index (χ0n) is 11.8. The Morgan fingerprint density at radius 1 is 1.21 bits per heavy atom. The van der Waals surface area contributed by atoms with Gasteiger partial charge in [-0.15, -0.1) is 0 Å². The molecule has 0 aromatic heterocycles. The summed E-state index contributed by atoms with van der Waals surface area (Å²) in [6.07, 6.45) is 7.94. The predicted octanol–water partition coefficient (Wildman–Crippen LogP) is 1.87. The lowest BCUT2D eigenvalue weighted by molar-refractivity contribution is -0.0716. The zero-order chi connectivity index (χ0) is 12.7. The lowest BCUT2D eigenvalue weighted by Gasteiger charge is -2.39. The van der Waals surface area contributed by atoms with Gasteiger partial charge in [0, 0.05) is 37.0 Å². The molecule has 0 saturated carbocycles. The van der Waals surface area contributed by atoms with Crippen molar-refractivity contribution < 1.29 is 4.74 Å². The summed E-state index contributed by atoms with van der Waals surface area (Å²) < 4.78 is 6.14. The number of hydrogen-bond donors (Lipinski definition) is 1. The maximum atomic E-state index is 6.14. The smallest absolute Gasteiger partial charge is 0.0795 e. The monoisotopic (exact) mass is 282 g/mol. The summed E-state index contributed by atoms with van der Waals surface area (Å²) in [4.78, 5) is 2.71. The Hall–Kier alpha value is 0.230. The SMILES string of the molecule is C1CC2C(NC3CCOC4(CCSC4)C3)CCN2C1. The summed E-state index contributed by atoms with van der Waals surface area (Å²) in [6, 6.07) is 2.31. The fourth-order valence-corrected chi connectivity index (χ4v) is 5.99. The van der Waals surface area contributed by atoms with E-state index in [2.05, 4.69) is 22.0 Å². The number of rotatable bonds is 2. The topological polar surface area (TPSA) is 24.5 Å². The summed E-state index contributed by atoms with van der Waals surface area (Å²) in [7, 11) is 0. The minimum absolute atomic E-state index is 0.231. The molecular weight excluding hydrogens is 256 g/mol. The highest BCUT2D eigenvalue weighted by Crippen LogP contribution is 2.39. The van der Waals surface area contributed by atoms with Crippen LogP contribution in [-0.4, -0.2) is 59.8 Å². The molecule has 0 aromatic carbocycles. The quantitative estimate of drug-likeness (QED) is 0.836. The van der Waals surface area contributed by atoms with Crippen LogP contribution in [0.5, 0.6) is 0 Å². The Morgan fingerprint density at radius 3 is 3.11 bits per heavy atom. The largest absolute Gasteiger partial charge is 0.374 e. The van der Waals surface area contributed by atoms with Crippen LogP contribution in [-0.2, 0) is 4.74 Å². The van der Waals surface area contributed by atoms with Crippen molar-refractivity contribution >= 4 is 11.8 Å². The van der Waals surface area contributed by atoms with Crippen molar-refractivity contribution in [2.45, 2.75) is 62.3 Å². The second-order valence-corrected chi connectivity index (χ2v) is 7.94. The summed E-state index contributed by atoms with van der Waals surface area (Å²) in [5.41, 5.74) is 0.231. The molecule has 1 spiro atoms. The molecule has 0 radical (unpaired) electrons. The van der Waals surface area contributed by atoms with E-state index in [4.69, 9.17) is 4.74 Å². The van der Waals surface area contributed by atoms with E-state index in [1.165, 1.54) is 63.1 Å². The van der Waals surface area contributed by atoms with Crippen LogP contribution in [0.1, 0.15) is 38.5 Å². The average Bonchev–Trinajstić information content (AvgIpc) is 3.09. The van der Waals surface area contributed by atoms with E-state index >= 15 is 0 Å². The number of thioether (sulfide) groups is 1. The van der Waals surface area contributed by atoms with E-state index < -0.39 is 0 Å². The van der Waals surface area contributed by atoms with Gasteiger partial charge >= 0.3 is 0 Å². The molecular formula is C15H26N2OS. The Bertz CT molecular complexity index is 332. The number of nitrogens with one attached hydrogen (secondary N) is 1.